The highest BCUT2D eigenvalue weighted by molar-refractivity contribution is 5.69. The molecule has 0 fully saturated rings. The summed E-state index contributed by atoms with van der Waals surface area (Å²) in [6.45, 7) is 5.48. The molecule has 0 rings (SSSR count). The monoisotopic (exact) mass is 669 g/mol. The van der Waals surface area contributed by atoms with E-state index in [0.29, 0.717) is 12.8 Å². The lowest BCUT2D eigenvalue weighted by atomic mass is 10.0. The molecule has 0 aliphatic rings. The minimum atomic E-state index is -0.671. The van der Waals surface area contributed by atoms with Crippen LogP contribution < -0.4 is 0 Å². The van der Waals surface area contributed by atoms with E-state index in [1.165, 1.54) is 148 Å². The van der Waals surface area contributed by atoms with Crippen LogP contribution in [0.3, 0.4) is 0 Å². The lowest BCUT2D eigenvalue weighted by molar-refractivity contribution is -0.174. The molecule has 0 aliphatic heterocycles. The Bertz CT molecular complexity index is 648. The molecule has 0 unspecified atom stereocenters. The van der Waals surface area contributed by atoms with Crippen molar-refractivity contribution in [2.45, 2.75) is 219 Å². The van der Waals surface area contributed by atoms with Gasteiger partial charge in [0.15, 0.2) is 6.79 Å². The van der Waals surface area contributed by atoms with E-state index in [2.05, 4.69) is 13.8 Å². The van der Waals surface area contributed by atoms with Crippen molar-refractivity contribution in [3.63, 3.8) is 0 Å². The average Bonchev–Trinajstić information content (AvgIpc) is 3.05. The summed E-state index contributed by atoms with van der Waals surface area (Å²) >= 11 is 0. The van der Waals surface area contributed by atoms with Crippen molar-refractivity contribution in [3.8, 4) is 0 Å². The first-order valence-electron chi connectivity index (χ1n) is 20.1. The normalized spacial score (nSPS) is 11.2. The van der Waals surface area contributed by atoms with E-state index in [-0.39, 0.29) is 31.9 Å². The number of hydrogen-bond donors (Lipinski definition) is 0. The van der Waals surface area contributed by atoms with Crippen LogP contribution in [0.2, 0.25) is 0 Å². The van der Waals surface area contributed by atoms with Crippen LogP contribution in [-0.4, -0.2) is 44.0 Å². The minimum absolute atomic E-state index is 0.0369. The molecule has 0 atom stereocenters. The van der Waals surface area contributed by atoms with Crippen LogP contribution in [-0.2, 0) is 33.3 Å². The first-order chi connectivity index (χ1) is 23.0. The zero-order chi connectivity index (χ0) is 34.5. The number of esters is 3. The predicted molar refractivity (Wildman–Crippen MR) is 193 cm³/mol. The molecule has 7 heteroatoms. The van der Waals surface area contributed by atoms with Crippen LogP contribution >= 0.6 is 0 Å². The SMILES string of the molecule is CCCCCCCCCCCCCCCCC(=O)OCC(COC(=O)CCCCCCCCCCCCCCCC)OCOC(C)=O. The van der Waals surface area contributed by atoms with Crippen LogP contribution in [0.1, 0.15) is 213 Å². The summed E-state index contributed by atoms with van der Waals surface area (Å²) in [5.41, 5.74) is 0. The van der Waals surface area contributed by atoms with Crippen LogP contribution in [0.25, 0.3) is 0 Å². The molecule has 0 bridgehead atoms. The molecule has 0 aromatic rings. The number of carbonyl (C=O) groups is 3. The highest BCUT2D eigenvalue weighted by atomic mass is 16.7. The quantitative estimate of drug-likeness (QED) is 0.0282. The van der Waals surface area contributed by atoms with E-state index < -0.39 is 12.1 Å². The van der Waals surface area contributed by atoms with E-state index in [4.69, 9.17) is 18.9 Å². The highest BCUT2D eigenvalue weighted by Crippen LogP contribution is 2.15. The van der Waals surface area contributed by atoms with Gasteiger partial charge in [-0.3, -0.25) is 14.4 Å². The van der Waals surface area contributed by atoms with Gasteiger partial charge in [-0.05, 0) is 12.8 Å². The smallest absolute Gasteiger partial charge is 0.305 e. The minimum Gasteiger partial charge on any atom is -0.463 e. The molecule has 0 amide bonds. The van der Waals surface area contributed by atoms with Gasteiger partial charge in [-0.2, -0.15) is 0 Å². The maximum Gasteiger partial charge on any atom is 0.305 e. The Morgan fingerprint density at radius 1 is 0.404 bits per heavy atom. The fourth-order valence-electron chi connectivity index (χ4n) is 5.80. The molecular formula is C40H76O7. The summed E-state index contributed by atoms with van der Waals surface area (Å²) in [5, 5.41) is 0. The van der Waals surface area contributed by atoms with Crippen molar-refractivity contribution in [2.24, 2.45) is 0 Å². The summed E-state index contributed by atoms with van der Waals surface area (Å²) in [4.78, 5) is 35.7. The Morgan fingerprint density at radius 2 is 0.681 bits per heavy atom. The maximum absolute atomic E-state index is 12.3. The molecule has 0 aliphatic carbocycles. The van der Waals surface area contributed by atoms with Gasteiger partial charge in [0.25, 0.3) is 0 Å². The Balaban J connectivity index is 3.86. The average molecular weight is 669 g/mol. The van der Waals surface area contributed by atoms with Gasteiger partial charge < -0.3 is 18.9 Å². The summed E-state index contributed by atoms with van der Waals surface area (Å²) in [5.74, 6) is -1.02. The second-order valence-corrected chi connectivity index (χ2v) is 13.6. The second kappa shape index (κ2) is 37.2. The molecule has 0 spiro atoms. The van der Waals surface area contributed by atoms with Crippen molar-refractivity contribution in [2.75, 3.05) is 20.0 Å². The van der Waals surface area contributed by atoms with Crippen LogP contribution in [0.4, 0.5) is 0 Å². The Morgan fingerprint density at radius 3 is 0.957 bits per heavy atom. The molecule has 0 saturated carbocycles. The van der Waals surface area contributed by atoms with Crippen LogP contribution in [0.15, 0.2) is 0 Å². The zero-order valence-corrected chi connectivity index (χ0v) is 31.3. The molecule has 0 aromatic heterocycles. The highest BCUT2D eigenvalue weighted by Gasteiger charge is 2.16. The number of rotatable bonds is 37. The van der Waals surface area contributed by atoms with Crippen LogP contribution in [0.5, 0.6) is 0 Å². The summed E-state index contributed by atoms with van der Waals surface area (Å²) < 4.78 is 21.2. The number of ether oxygens (including phenoxy) is 4. The lowest BCUT2D eigenvalue weighted by Crippen LogP contribution is -2.29. The number of hydrogen-bond acceptors (Lipinski definition) is 7. The van der Waals surface area contributed by atoms with Gasteiger partial charge >= 0.3 is 17.9 Å². The third kappa shape index (κ3) is 37.0. The third-order valence-corrected chi connectivity index (χ3v) is 8.90. The summed E-state index contributed by atoms with van der Waals surface area (Å²) in [6.07, 6.45) is 35.6. The van der Waals surface area contributed by atoms with Gasteiger partial charge in [-0.15, -0.1) is 0 Å². The lowest BCUT2D eigenvalue weighted by Gasteiger charge is -2.18. The first-order valence-corrected chi connectivity index (χ1v) is 20.1. The molecular weight excluding hydrogens is 592 g/mol. The molecule has 0 saturated heterocycles. The fourth-order valence-corrected chi connectivity index (χ4v) is 5.80. The molecule has 0 N–H and O–H groups in total. The summed E-state index contributed by atoms with van der Waals surface area (Å²) in [7, 11) is 0. The van der Waals surface area contributed by atoms with Gasteiger partial charge in [0, 0.05) is 19.8 Å². The maximum atomic E-state index is 12.3. The Kier molecular flexibility index (Phi) is 35.9. The van der Waals surface area contributed by atoms with Gasteiger partial charge in [-0.25, -0.2) is 0 Å². The molecule has 278 valence electrons. The zero-order valence-electron chi connectivity index (χ0n) is 31.3. The van der Waals surface area contributed by atoms with Gasteiger partial charge in [0.2, 0.25) is 0 Å². The van der Waals surface area contributed by atoms with E-state index in [1.807, 2.05) is 0 Å². The van der Waals surface area contributed by atoms with Crippen molar-refractivity contribution in [3.05, 3.63) is 0 Å². The van der Waals surface area contributed by atoms with Crippen molar-refractivity contribution >= 4 is 17.9 Å². The van der Waals surface area contributed by atoms with Crippen molar-refractivity contribution < 1.29 is 33.3 Å². The largest absolute Gasteiger partial charge is 0.463 e. The van der Waals surface area contributed by atoms with Crippen molar-refractivity contribution in [1.82, 2.24) is 0 Å². The van der Waals surface area contributed by atoms with Gasteiger partial charge in [0.05, 0.1) is 0 Å². The third-order valence-electron chi connectivity index (χ3n) is 8.90. The van der Waals surface area contributed by atoms with Gasteiger partial charge in [0.1, 0.15) is 19.3 Å². The topological polar surface area (TPSA) is 88.1 Å². The fraction of sp³-hybridized carbons (Fsp3) is 0.925. The van der Waals surface area contributed by atoms with Crippen LogP contribution in [0, 0.1) is 0 Å². The molecule has 0 heterocycles. The summed E-state index contributed by atoms with van der Waals surface area (Å²) in [6, 6.07) is 0. The molecule has 0 aromatic carbocycles. The predicted octanol–water partition coefficient (Wildman–Crippen LogP) is 11.7. The van der Waals surface area contributed by atoms with Gasteiger partial charge in [-0.1, -0.05) is 181 Å². The van der Waals surface area contributed by atoms with E-state index in [1.54, 1.807) is 0 Å². The molecule has 0 radical (unpaired) electrons. The molecule has 7 nitrogen and oxygen atoms in total. The Labute approximate surface area is 290 Å². The number of carbonyl (C=O) groups excluding carboxylic acids is 3. The van der Waals surface area contributed by atoms with E-state index in [9.17, 15) is 14.4 Å². The van der Waals surface area contributed by atoms with Crippen molar-refractivity contribution in [1.29, 1.82) is 0 Å². The van der Waals surface area contributed by atoms with E-state index in [0.717, 1.165) is 38.5 Å². The number of unbranched alkanes of at least 4 members (excludes halogenated alkanes) is 26. The Hall–Kier alpha value is -1.63. The standard InChI is InChI=1S/C40H76O7/c1-4-6-8-10-12-14-16-18-20-22-24-26-28-30-32-39(42)44-34-38(47-36-46-37(3)41)35-45-40(43)33-31-29-27-25-23-21-19-17-15-13-11-9-7-5-2/h38H,4-36H2,1-3H3. The molecule has 47 heavy (non-hydrogen) atoms. The van der Waals surface area contributed by atoms with E-state index >= 15 is 0 Å². The first kappa shape index (κ1) is 45.4. The second-order valence-electron chi connectivity index (χ2n) is 13.6.